The second-order valence-electron chi connectivity index (χ2n) is 4.20. The monoisotopic (exact) mass is 272 g/mol. The summed E-state index contributed by atoms with van der Waals surface area (Å²) in [4.78, 5) is 11.0. The molecule has 0 aromatic heterocycles. The third-order valence-electron chi connectivity index (χ3n) is 2.78. The molecule has 1 saturated heterocycles. The summed E-state index contributed by atoms with van der Waals surface area (Å²) in [6.45, 7) is 1.40. The molecule has 1 aliphatic rings. The van der Waals surface area contributed by atoms with Crippen molar-refractivity contribution in [3.05, 3.63) is 33.8 Å². The lowest BCUT2D eigenvalue weighted by Crippen LogP contribution is -2.45. The van der Waals surface area contributed by atoms with Crippen LogP contribution in [0.4, 0.5) is 0 Å². The van der Waals surface area contributed by atoms with Crippen molar-refractivity contribution in [1.29, 1.82) is 0 Å². The van der Waals surface area contributed by atoms with Gasteiger partial charge in [-0.15, -0.1) is 0 Å². The average molecular weight is 273 g/mol. The summed E-state index contributed by atoms with van der Waals surface area (Å²) in [7, 11) is 0. The Kier molecular flexibility index (Phi) is 4.26. The molecular formula is C12H14Cl2N2O. The Labute approximate surface area is 110 Å². The maximum atomic E-state index is 11.0. The van der Waals surface area contributed by atoms with Gasteiger partial charge in [0, 0.05) is 35.6 Å². The Hall–Kier alpha value is -0.770. The third kappa shape index (κ3) is 3.87. The van der Waals surface area contributed by atoms with E-state index in [1.807, 2.05) is 12.1 Å². The van der Waals surface area contributed by atoms with E-state index in [4.69, 9.17) is 23.2 Å². The summed E-state index contributed by atoms with van der Waals surface area (Å²) in [5.41, 5.74) is 1.06. The molecule has 1 aromatic rings. The quantitative estimate of drug-likeness (QED) is 0.887. The van der Waals surface area contributed by atoms with Crippen molar-refractivity contribution in [2.45, 2.75) is 25.4 Å². The van der Waals surface area contributed by atoms with Crippen molar-refractivity contribution in [3.8, 4) is 0 Å². The van der Waals surface area contributed by atoms with E-state index in [9.17, 15) is 4.79 Å². The predicted molar refractivity (Wildman–Crippen MR) is 69.3 cm³/mol. The molecule has 17 heavy (non-hydrogen) atoms. The molecule has 3 nitrogen and oxygen atoms in total. The van der Waals surface area contributed by atoms with E-state index in [2.05, 4.69) is 10.6 Å². The van der Waals surface area contributed by atoms with Crippen LogP contribution >= 0.6 is 23.2 Å². The maximum absolute atomic E-state index is 11.0. The largest absolute Gasteiger partial charge is 0.355 e. The molecule has 1 aromatic carbocycles. The number of nitrogens with one attached hydrogen (secondary N) is 2. The van der Waals surface area contributed by atoms with Gasteiger partial charge in [0.15, 0.2) is 0 Å². The number of rotatable bonds is 3. The number of hydrogen-bond acceptors (Lipinski definition) is 2. The van der Waals surface area contributed by atoms with Crippen LogP contribution in [0.3, 0.4) is 0 Å². The summed E-state index contributed by atoms with van der Waals surface area (Å²) >= 11 is 11.8. The SMILES string of the molecule is O=C1CCC(NCc2cc(Cl)cc(Cl)c2)CN1. The molecular weight excluding hydrogens is 259 g/mol. The topological polar surface area (TPSA) is 41.1 Å². The molecule has 0 aliphatic carbocycles. The molecule has 92 valence electrons. The van der Waals surface area contributed by atoms with Gasteiger partial charge in [0.25, 0.3) is 0 Å². The minimum absolute atomic E-state index is 0.133. The predicted octanol–water partition coefficient (Wildman–Crippen LogP) is 2.36. The van der Waals surface area contributed by atoms with Crippen LogP contribution in [0.2, 0.25) is 10.0 Å². The van der Waals surface area contributed by atoms with Gasteiger partial charge in [0.1, 0.15) is 0 Å². The molecule has 0 bridgehead atoms. The molecule has 0 radical (unpaired) electrons. The highest BCUT2D eigenvalue weighted by atomic mass is 35.5. The van der Waals surface area contributed by atoms with Gasteiger partial charge < -0.3 is 10.6 Å². The zero-order chi connectivity index (χ0) is 12.3. The fourth-order valence-electron chi connectivity index (χ4n) is 1.88. The van der Waals surface area contributed by atoms with E-state index in [1.54, 1.807) is 6.07 Å². The highest BCUT2D eigenvalue weighted by Crippen LogP contribution is 2.19. The maximum Gasteiger partial charge on any atom is 0.220 e. The molecule has 0 spiro atoms. The summed E-state index contributed by atoms with van der Waals surface area (Å²) in [5.74, 6) is 0.133. The van der Waals surface area contributed by atoms with Gasteiger partial charge in [-0.3, -0.25) is 4.79 Å². The Balaban J connectivity index is 1.87. The van der Waals surface area contributed by atoms with E-state index in [-0.39, 0.29) is 5.91 Å². The van der Waals surface area contributed by atoms with Crippen molar-refractivity contribution < 1.29 is 4.79 Å². The van der Waals surface area contributed by atoms with Crippen LogP contribution in [0.15, 0.2) is 18.2 Å². The summed E-state index contributed by atoms with van der Waals surface area (Å²) in [6, 6.07) is 5.82. The molecule has 5 heteroatoms. The normalized spacial score (nSPS) is 20.1. The van der Waals surface area contributed by atoms with Crippen LogP contribution in [-0.4, -0.2) is 18.5 Å². The van der Waals surface area contributed by atoms with E-state index < -0.39 is 0 Å². The van der Waals surface area contributed by atoms with Gasteiger partial charge in [-0.25, -0.2) is 0 Å². The standard InChI is InChI=1S/C12H14Cl2N2O/c13-9-3-8(4-10(14)5-9)6-15-11-1-2-12(17)16-7-11/h3-5,11,15H,1-2,6-7H2,(H,16,17). The molecule has 0 saturated carbocycles. The molecule has 2 N–H and O–H groups in total. The van der Waals surface area contributed by atoms with Gasteiger partial charge in [-0.2, -0.15) is 0 Å². The first-order valence-electron chi connectivity index (χ1n) is 5.58. The minimum atomic E-state index is 0.133. The zero-order valence-corrected chi connectivity index (χ0v) is 10.8. The smallest absolute Gasteiger partial charge is 0.220 e. The second kappa shape index (κ2) is 5.71. The first-order chi connectivity index (χ1) is 8.13. The molecule has 1 atom stereocenters. The lowest BCUT2D eigenvalue weighted by Gasteiger charge is -2.23. The fourth-order valence-corrected chi connectivity index (χ4v) is 2.45. The molecule has 1 heterocycles. The number of piperidine rings is 1. The molecule has 1 amide bonds. The van der Waals surface area contributed by atoms with E-state index >= 15 is 0 Å². The van der Waals surface area contributed by atoms with Crippen molar-refractivity contribution in [1.82, 2.24) is 10.6 Å². The average Bonchev–Trinajstić information content (AvgIpc) is 2.27. The van der Waals surface area contributed by atoms with Gasteiger partial charge in [0.05, 0.1) is 0 Å². The highest BCUT2D eigenvalue weighted by molar-refractivity contribution is 6.34. The number of carbonyl (C=O) groups is 1. The fraction of sp³-hybridized carbons (Fsp3) is 0.417. The third-order valence-corrected chi connectivity index (χ3v) is 3.22. The van der Waals surface area contributed by atoms with E-state index in [1.165, 1.54) is 0 Å². The number of benzene rings is 1. The Morgan fingerprint density at radius 1 is 1.29 bits per heavy atom. The molecule has 2 rings (SSSR count). The number of hydrogen-bond donors (Lipinski definition) is 2. The number of halogens is 2. The van der Waals surface area contributed by atoms with Gasteiger partial charge in [-0.05, 0) is 30.2 Å². The van der Waals surface area contributed by atoms with Gasteiger partial charge in [0.2, 0.25) is 5.91 Å². The van der Waals surface area contributed by atoms with Crippen molar-refractivity contribution >= 4 is 29.1 Å². The minimum Gasteiger partial charge on any atom is -0.355 e. The van der Waals surface area contributed by atoms with Crippen molar-refractivity contribution in [2.75, 3.05) is 6.54 Å². The number of amides is 1. The van der Waals surface area contributed by atoms with Crippen LogP contribution < -0.4 is 10.6 Å². The van der Waals surface area contributed by atoms with Crippen LogP contribution in [0.5, 0.6) is 0 Å². The van der Waals surface area contributed by atoms with E-state index in [0.717, 1.165) is 12.0 Å². The molecule has 1 fully saturated rings. The highest BCUT2D eigenvalue weighted by Gasteiger charge is 2.16. The molecule has 1 aliphatic heterocycles. The summed E-state index contributed by atoms with van der Waals surface area (Å²) in [6.07, 6.45) is 1.47. The molecule has 1 unspecified atom stereocenters. The Morgan fingerprint density at radius 2 is 2.00 bits per heavy atom. The Bertz CT molecular complexity index is 393. The first-order valence-corrected chi connectivity index (χ1v) is 6.34. The summed E-state index contributed by atoms with van der Waals surface area (Å²) in [5, 5.41) is 7.51. The lowest BCUT2D eigenvalue weighted by atomic mass is 10.1. The lowest BCUT2D eigenvalue weighted by molar-refractivity contribution is -0.122. The van der Waals surface area contributed by atoms with Crippen LogP contribution in [-0.2, 0) is 11.3 Å². The van der Waals surface area contributed by atoms with E-state index in [0.29, 0.717) is 35.6 Å². The van der Waals surface area contributed by atoms with Crippen molar-refractivity contribution in [2.24, 2.45) is 0 Å². The summed E-state index contributed by atoms with van der Waals surface area (Å²) < 4.78 is 0. The van der Waals surface area contributed by atoms with Crippen LogP contribution in [0, 0.1) is 0 Å². The zero-order valence-electron chi connectivity index (χ0n) is 9.30. The second-order valence-corrected chi connectivity index (χ2v) is 5.07. The first kappa shape index (κ1) is 12.7. The van der Waals surface area contributed by atoms with Crippen LogP contribution in [0.1, 0.15) is 18.4 Å². The van der Waals surface area contributed by atoms with Crippen LogP contribution in [0.25, 0.3) is 0 Å². The van der Waals surface area contributed by atoms with Crippen molar-refractivity contribution in [3.63, 3.8) is 0 Å². The van der Waals surface area contributed by atoms with Gasteiger partial charge >= 0.3 is 0 Å². The number of carbonyl (C=O) groups excluding carboxylic acids is 1. The Morgan fingerprint density at radius 3 is 2.59 bits per heavy atom. The van der Waals surface area contributed by atoms with Gasteiger partial charge in [-0.1, -0.05) is 23.2 Å².